The minimum absolute atomic E-state index is 0.700. The van der Waals surface area contributed by atoms with Crippen LogP contribution in [0.25, 0.3) is 0 Å². The van der Waals surface area contributed by atoms with E-state index in [9.17, 15) is 0 Å². The van der Waals surface area contributed by atoms with Crippen LogP contribution in [0, 0.1) is 12.0 Å². The molecule has 0 fully saturated rings. The van der Waals surface area contributed by atoms with Crippen molar-refractivity contribution >= 4 is 5.69 Å². The van der Waals surface area contributed by atoms with Gasteiger partial charge in [0.25, 0.3) is 0 Å². The molecule has 2 aromatic carbocycles. The molecular formula is C14H11NO. The fourth-order valence-electron chi connectivity index (χ4n) is 1.25. The Kier molecular flexibility index (Phi) is 3.10. The molecule has 0 aliphatic rings. The van der Waals surface area contributed by atoms with Crippen LogP contribution < -0.4 is 10.5 Å². The van der Waals surface area contributed by atoms with Gasteiger partial charge in [0.2, 0.25) is 0 Å². The Hall–Kier alpha value is -2.40. The summed E-state index contributed by atoms with van der Waals surface area (Å²) in [6.07, 6.45) is 2.64. The van der Waals surface area contributed by atoms with Gasteiger partial charge in [-0.15, -0.1) is 0 Å². The first kappa shape index (κ1) is 10.1. The van der Waals surface area contributed by atoms with E-state index in [1.54, 1.807) is 6.07 Å². The molecule has 0 saturated carbocycles. The molecule has 2 heteroatoms. The first-order valence-electron chi connectivity index (χ1n) is 4.93. The quantitative estimate of drug-likeness (QED) is 0.579. The summed E-state index contributed by atoms with van der Waals surface area (Å²) in [5, 5.41) is 0. The summed E-state index contributed by atoms with van der Waals surface area (Å²) in [4.78, 5) is 0. The third-order valence-electron chi connectivity index (χ3n) is 1.99. The molecule has 0 radical (unpaired) electrons. The van der Waals surface area contributed by atoms with E-state index in [1.165, 1.54) is 0 Å². The van der Waals surface area contributed by atoms with Gasteiger partial charge in [-0.2, -0.15) is 0 Å². The van der Waals surface area contributed by atoms with Crippen molar-refractivity contribution in [2.45, 2.75) is 0 Å². The van der Waals surface area contributed by atoms with Gasteiger partial charge in [0.1, 0.15) is 11.9 Å². The van der Waals surface area contributed by atoms with Crippen molar-refractivity contribution in [2.24, 2.45) is 0 Å². The minimum atomic E-state index is 0.700. The first-order chi connectivity index (χ1) is 7.84. The number of hydrogen-bond acceptors (Lipinski definition) is 2. The lowest BCUT2D eigenvalue weighted by molar-refractivity contribution is 0.520. The van der Waals surface area contributed by atoms with Crippen molar-refractivity contribution in [2.75, 3.05) is 5.73 Å². The molecule has 0 spiro atoms. The topological polar surface area (TPSA) is 35.2 Å². The molecule has 0 amide bonds. The monoisotopic (exact) mass is 209 g/mol. The van der Waals surface area contributed by atoms with E-state index in [1.807, 2.05) is 48.5 Å². The average molecular weight is 209 g/mol. The number of anilines is 1. The van der Waals surface area contributed by atoms with E-state index < -0.39 is 0 Å². The van der Waals surface area contributed by atoms with Gasteiger partial charge in [0.15, 0.2) is 0 Å². The average Bonchev–Trinajstić information content (AvgIpc) is 2.30. The van der Waals surface area contributed by atoms with Gasteiger partial charge in [-0.05, 0) is 36.3 Å². The van der Waals surface area contributed by atoms with E-state index in [2.05, 4.69) is 12.0 Å². The summed E-state index contributed by atoms with van der Waals surface area (Å²) in [5.41, 5.74) is 7.18. The maximum atomic E-state index is 5.63. The van der Waals surface area contributed by atoms with Gasteiger partial charge in [-0.1, -0.05) is 24.3 Å². The summed E-state index contributed by atoms with van der Waals surface area (Å²) in [5.74, 6) is 3.62. The molecule has 0 aliphatic heterocycles. The highest BCUT2D eigenvalue weighted by Crippen LogP contribution is 2.08. The van der Waals surface area contributed by atoms with Crippen molar-refractivity contribution in [3.63, 3.8) is 0 Å². The molecule has 0 atom stereocenters. The SMILES string of the molecule is Nc1cccc(C#COc2ccccc2)c1. The zero-order chi connectivity index (χ0) is 11.2. The third kappa shape index (κ3) is 2.79. The van der Waals surface area contributed by atoms with Crippen LogP contribution in [0.2, 0.25) is 0 Å². The van der Waals surface area contributed by atoms with E-state index in [0.29, 0.717) is 5.69 Å². The van der Waals surface area contributed by atoms with Crippen LogP contribution in [-0.4, -0.2) is 0 Å². The van der Waals surface area contributed by atoms with Gasteiger partial charge in [-0.25, -0.2) is 0 Å². The molecule has 0 aliphatic carbocycles. The molecule has 0 bridgehead atoms. The summed E-state index contributed by atoms with van der Waals surface area (Å²) < 4.78 is 5.25. The van der Waals surface area contributed by atoms with Gasteiger partial charge in [0.05, 0.1) is 0 Å². The van der Waals surface area contributed by atoms with Crippen LogP contribution in [-0.2, 0) is 0 Å². The molecule has 0 aromatic heterocycles. The highest BCUT2D eigenvalue weighted by Gasteiger charge is 1.88. The summed E-state index contributed by atoms with van der Waals surface area (Å²) in [6.45, 7) is 0. The number of nitrogen functional groups attached to an aromatic ring is 1. The van der Waals surface area contributed by atoms with Crippen LogP contribution >= 0.6 is 0 Å². The second-order valence-electron chi connectivity index (χ2n) is 3.27. The van der Waals surface area contributed by atoms with Gasteiger partial charge in [0, 0.05) is 11.3 Å². The largest absolute Gasteiger partial charge is 0.407 e. The summed E-state index contributed by atoms with van der Waals surface area (Å²) >= 11 is 0. The number of rotatable bonds is 1. The number of benzene rings is 2. The van der Waals surface area contributed by atoms with E-state index in [4.69, 9.17) is 10.5 Å². The maximum absolute atomic E-state index is 5.63. The third-order valence-corrected chi connectivity index (χ3v) is 1.99. The normalized spacial score (nSPS) is 9.00. The van der Waals surface area contributed by atoms with Crippen molar-refractivity contribution in [3.05, 3.63) is 60.2 Å². The van der Waals surface area contributed by atoms with Crippen LogP contribution in [0.15, 0.2) is 54.6 Å². The highest BCUT2D eigenvalue weighted by molar-refractivity contribution is 5.46. The van der Waals surface area contributed by atoms with Crippen LogP contribution in [0.1, 0.15) is 5.56 Å². The standard InChI is InChI=1S/C14H11NO/c15-13-6-4-5-12(11-13)9-10-16-14-7-2-1-3-8-14/h1-8,11H,15H2. The van der Waals surface area contributed by atoms with Crippen LogP contribution in [0.4, 0.5) is 5.69 Å². The fraction of sp³-hybridized carbons (Fsp3) is 0. The zero-order valence-electron chi connectivity index (χ0n) is 8.68. The Bertz CT molecular complexity index is 523. The fourth-order valence-corrected chi connectivity index (χ4v) is 1.25. The number of ether oxygens (including phenoxy) is 1. The van der Waals surface area contributed by atoms with E-state index in [-0.39, 0.29) is 0 Å². The molecule has 2 nitrogen and oxygen atoms in total. The lowest BCUT2D eigenvalue weighted by Crippen LogP contribution is -1.85. The zero-order valence-corrected chi connectivity index (χ0v) is 8.68. The smallest absolute Gasteiger partial charge is 0.140 e. The second-order valence-corrected chi connectivity index (χ2v) is 3.27. The summed E-state index contributed by atoms with van der Waals surface area (Å²) in [6, 6.07) is 16.8. The maximum Gasteiger partial charge on any atom is 0.140 e. The first-order valence-corrected chi connectivity index (χ1v) is 4.93. The van der Waals surface area contributed by atoms with Gasteiger partial charge in [-0.3, -0.25) is 0 Å². The molecule has 0 saturated heterocycles. The summed E-state index contributed by atoms with van der Waals surface area (Å²) in [7, 11) is 0. The second kappa shape index (κ2) is 4.90. The Balaban J connectivity index is 2.06. The van der Waals surface area contributed by atoms with Crippen LogP contribution in [0.3, 0.4) is 0 Å². The Morgan fingerprint density at radius 3 is 2.50 bits per heavy atom. The van der Waals surface area contributed by atoms with Crippen molar-refractivity contribution in [1.82, 2.24) is 0 Å². The Labute approximate surface area is 94.7 Å². The van der Waals surface area contributed by atoms with Crippen LogP contribution in [0.5, 0.6) is 5.75 Å². The van der Waals surface area contributed by atoms with Crippen molar-refractivity contribution in [3.8, 4) is 17.8 Å². The number of nitrogens with two attached hydrogens (primary N) is 1. The van der Waals surface area contributed by atoms with Gasteiger partial charge < -0.3 is 10.5 Å². The minimum Gasteiger partial charge on any atom is -0.407 e. The van der Waals surface area contributed by atoms with Crippen molar-refractivity contribution in [1.29, 1.82) is 0 Å². The Morgan fingerprint density at radius 2 is 1.75 bits per heavy atom. The number of para-hydroxylation sites is 1. The Morgan fingerprint density at radius 1 is 0.938 bits per heavy atom. The molecular weight excluding hydrogens is 198 g/mol. The van der Waals surface area contributed by atoms with E-state index >= 15 is 0 Å². The predicted octanol–water partition coefficient (Wildman–Crippen LogP) is 2.66. The molecule has 2 aromatic rings. The highest BCUT2D eigenvalue weighted by atomic mass is 16.5. The molecule has 0 heterocycles. The van der Waals surface area contributed by atoms with E-state index in [0.717, 1.165) is 11.3 Å². The predicted molar refractivity (Wildman–Crippen MR) is 64.8 cm³/mol. The molecule has 2 N–H and O–H groups in total. The van der Waals surface area contributed by atoms with Gasteiger partial charge >= 0.3 is 0 Å². The molecule has 16 heavy (non-hydrogen) atoms. The lowest BCUT2D eigenvalue weighted by atomic mass is 10.2. The lowest BCUT2D eigenvalue weighted by Gasteiger charge is -1.95. The van der Waals surface area contributed by atoms with Crippen molar-refractivity contribution < 1.29 is 4.74 Å². The molecule has 78 valence electrons. The molecule has 2 rings (SSSR count). The molecule has 0 unspecified atom stereocenters. The number of hydrogen-bond donors (Lipinski definition) is 1.